The van der Waals surface area contributed by atoms with Crippen LogP contribution < -0.4 is 5.32 Å². The van der Waals surface area contributed by atoms with Gasteiger partial charge in [0.25, 0.3) is 0 Å². The summed E-state index contributed by atoms with van der Waals surface area (Å²) in [7, 11) is 0. The Balaban J connectivity index is 2.54. The zero-order chi connectivity index (χ0) is 14.9. The summed E-state index contributed by atoms with van der Waals surface area (Å²) in [6.07, 6.45) is 1.73. The van der Waals surface area contributed by atoms with Crippen LogP contribution in [0.2, 0.25) is 5.02 Å². The van der Waals surface area contributed by atoms with Gasteiger partial charge in [-0.2, -0.15) is 5.10 Å². The number of hydrogen-bond acceptors (Lipinski definition) is 4. The Bertz CT molecular complexity index is 588. The Hall–Kier alpha value is -0.910. The minimum atomic E-state index is 0.0450. The van der Waals surface area contributed by atoms with E-state index in [2.05, 4.69) is 36.2 Å². The third-order valence-corrected chi connectivity index (χ3v) is 4.59. The molecular formula is C14H21ClN4S. The number of aromatic nitrogens is 3. The third-order valence-electron chi connectivity index (χ3n) is 3.16. The molecule has 0 fully saturated rings. The van der Waals surface area contributed by atoms with Crippen LogP contribution >= 0.6 is 22.9 Å². The number of nitrogens with zero attached hydrogens (tertiary/aromatic N) is 3. The number of thiazole rings is 1. The van der Waals surface area contributed by atoms with Crippen molar-refractivity contribution in [1.29, 1.82) is 0 Å². The standard InChI is InChI=1S/C14H21ClN4S/c1-6-16-12(14-9(4)18-10(5)20-14)13-11(15)7-17-19(13)8(2)3/h7-8,12,16H,6H2,1-5H3. The fraction of sp³-hybridized carbons (Fsp3) is 0.571. The van der Waals surface area contributed by atoms with Gasteiger partial charge in [-0.1, -0.05) is 18.5 Å². The lowest BCUT2D eigenvalue weighted by atomic mass is 10.1. The van der Waals surface area contributed by atoms with Gasteiger partial charge in [-0.05, 0) is 34.2 Å². The van der Waals surface area contributed by atoms with Crippen molar-refractivity contribution < 1.29 is 0 Å². The fourth-order valence-corrected chi connectivity index (χ4v) is 3.61. The highest BCUT2D eigenvalue weighted by molar-refractivity contribution is 7.11. The number of hydrogen-bond donors (Lipinski definition) is 1. The molecule has 0 saturated carbocycles. The first-order valence-corrected chi connectivity index (χ1v) is 8.05. The van der Waals surface area contributed by atoms with Crippen molar-refractivity contribution in [1.82, 2.24) is 20.1 Å². The Morgan fingerprint density at radius 1 is 1.40 bits per heavy atom. The molecule has 0 amide bonds. The molecule has 0 aromatic carbocycles. The van der Waals surface area contributed by atoms with E-state index < -0.39 is 0 Å². The fourth-order valence-electron chi connectivity index (χ4n) is 2.36. The van der Waals surface area contributed by atoms with Gasteiger partial charge in [0.2, 0.25) is 0 Å². The number of aryl methyl sites for hydroxylation is 2. The number of nitrogens with one attached hydrogen (secondary N) is 1. The minimum absolute atomic E-state index is 0.0450. The van der Waals surface area contributed by atoms with Crippen molar-refractivity contribution in [2.75, 3.05) is 6.54 Å². The van der Waals surface area contributed by atoms with Gasteiger partial charge in [0.05, 0.1) is 38.5 Å². The number of halogens is 1. The first-order valence-electron chi connectivity index (χ1n) is 6.85. The third kappa shape index (κ3) is 2.90. The monoisotopic (exact) mass is 312 g/mol. The van der Waals surface area contributed by atoms with Crippen molar-refractivity contribution in [2.24, 2.45) is 0 Å². The zero-order valence-electron chi connectivity index (χ0n) is 12.6. The van der Waals surface area contributed by atoms with Crippen LogP contribution in [0.25, 0.3) is 0 Å². The van der Waals surface area contributed by atoms with E-state index >= 15 is 0 Å². The molecule has 20 heavy (non-hydrogen) atoms. The van der Waals surface area contributed by atoms with Crippen molar-refractivity contribution in [2.45, 2.75) is 46.7 Å². The molecule has 4 nitrogen and oxygen atoms in total. The average Bonchev–Trinajstić information content (AvgIpc) is 2.90. The van der Waals surface area contributed by atoms with E-state index in [1.807, 2.05) is 18.5 Å². The smallest absolute Gasteiger partial charge is 0.0900 e. The Kier molecular flexibility index (Phi) is 4.83. The van der Waals surface area contributed by atoms with Crippen molar-refractivity contribution >= 4 is 22.9 Å². The highest BCUT2D eigenvalue weighted by Crippen LogP contribution is 2.34. The van der Waals surface area contributed by atoms with Crippen LogP contribution in [0.1, 0.15) is 54.1 Å². The topological polar surface area (TPSA) is 42.7 Å². The van der Waals surface area contributed by atoms with E-state index in [0.29, 0.717) is 5.02 Å². The molecule has 2 aromatic heterocycles. The molecule has 2 heterocycles. The molecule has 1 unspecified atom stereocenters. The Labute approximate surface area is 129 Å². The summed E-state index contributed by atoms with van der Waals surface area (Å²) in [6, 6.07) is 0.316. The summed E-state index contributed by atoms with van der Waals surface area (Å²) >= 11 is 8.11. The Morgan fingerprint density at radius 3 is 2.60 bits per heavy atom. The maximum atomic E-state index is 6.39. The summed E-state index contributed by atoms with van der Waals surface area (Å²) in [4.78, 5) is 5.75. The van der Waals surface area contributed by atoms with Gasteiger partial charge in [0.15, 0.2) is 0 Å². The second-order valence-electron chi connectivity index (χ2n) is 5.09. The predicted molar refractivity (Wildman–Crippen MR) is 84.7 cm³/mol. The largest absolute Gasteiger partial charge is 0.304 e. The molecule has 1 atom stereocenters. The molecule has 1 N–H and O–H groups in total. The zero-order valence-corrected chi connectivity index (χ0v) is 14.1. The molecule has 0 spiro atoms. The molecule has 0 aliphatic rings. The first-order chi connectivity index (χ1) is 9.45. The molecular weight excluding hydrogens is 292 g/mol. The lowest BCUT2D eigenvalue weighted by molar-refractivity contribution is 0.478. The molecule has 6 heteroatoms. The number of rotatable bonds is 5. The molecule has 110 valence electrons. The van der Waals surface area contributed by atoms with Gasteiger partial charge in [0.1, 0.15) is 0 Å². The van der Waals surface area contributed by atoms with Gasteiger partial charge in [-0.15, -0.1) is 11.3 Å². The Morgan fingerprint density at radius 2 is 2.10 bits per heavy atom. The van der Waals surface area contributed by atoms with Gasteiger partial charge in [0, 0.05) is 6.04 Å². The molecule has 0 bridgehead atoms. The van der Waals surface area contributed by atoms with Crippen LogP contribution in [-0.4, -0.2) is 21.3 Å². The second-order valence-corrected chi connectivity index (χ2v) is 6.73. The quantitative estimate of drug-likeness (QED) is 0.910. The molecule has 0 radical (unpaired) electrons. The van der Waals surface area contributed by atoms with Gasteiger partial charge in [-0.3, -0.25) is 4.68 Å². The summed E-state index contributed by atoms with van der Waals surface area (Å²) < 4.78 is 1.99. The van der Waals surface area contributed by atoms with Gasteiger partial charge >= 0.3 is 0 Å². The van der Waals surface area contributed by atoms with Gasteiger partial charge < -0.3 is 5.32 Å². The van der Waals surface area contributed by atoms with Crippen molar-refractivity contribution in [3.05, 3.63) is 32.5 Å². The summed E-state index contributed by atoms with van der Waals surface area (Å²) in [5.41, 5.74) is 2.08. The molecule has 0 aliphatic heterocycles. The maximum Gasteiger partial charge on any atom is 0.0900 e. The van der Waals surface area contributed by atoms with E-state index in [1.54, 1.807) is 17.5 Å². The molecule has 2 aromatic rings. The maximum absolute atomic E-state index is 6.39. The molecule has 0 saturated heterocycles. The summed E-state index contributed by atoms with van der Waals surface area (Å²) in [6.45, 7) is 11.3. The van der Waals surface area contributed by atoms with E-state index in [0.717, 1.165) is 22.9 Å². The first kappa shape index (κ1) is 15.5. The SMILES string of the molecule is CCNC(c1sc(C)nc1C)c1c(Cl)cnn1C(C)C. The molecule has 2 rings (SSSR count). The predicted octanol–water partition coefficient (Wildman–Crippen LogP) is 3.89. The van der Waals surface area contributed by atoms with E-state index in [4.69, 9.17) is 11.6 Å². The lowest BCUT2D eigenvalue weighted by Gasteiger charge is -2.21. The van der Waals surface area contributed by atoms with Gasteiger partial charge in [-0.25, -0.2) is 4.98 Å². The van der Waals surface area contributed by atoms with Crippen molar-refractivity contribution in [3.63, 3.8) is 0 Å². The van der Waals surface area contributed by atoms with Crippen LogP contribution in [0.3, 0.4) is 0 Å². The molecule has 0 aliphatic carbocycles. The van der Waals surface area contributed by atoms with Crippen LogP contribution in [-0.2, 0) is 0 Å². The van der Waals surface area contributed by atoms with E-state index in [9.17, 15) is 0 Å². The van der Waals surface area contributed by atoms with Crippen LogP contribution in [0.15, 0.2) is 6.20 Å². The summed E-state index contributed by atoms with van der Waals surface area (Å²) in [5.74, 6) is 0. The highest BCUT2D eigenvalue weighted by atomic mass is 35.5. The summed E-state index contributed by atoms with van der Waals surface area (Å²) in [5, 5.41) is 9.71. The van der Waals surface area contributed by atoms with E-state index in [1.165, 1.54) is 4.88 Å². The van der Waals surface area contributed by atoms with Crippen LogP contribution in [0.4, 0.5) is 0 Å². The second kappa shape index (κ2) is 6.24. The van der Waals surface area contributed by atoms with Crippen molar-refractivity contribution in [3.8, 4) is 0 Å². The normalized spacial score (nSPS) is 13.2. The average molecular weight is 313 g/mol. The van der Waals surface area contributed by atoms with E-state index in [-0.39, 0.29) is 12.1 Å². The highest BCUT2D eigenvalue weighted by Gasteiger charge is 2.26. The van der Waals surface area contributed by atoms with Crippen LogP contribution in [0.5, 0.6) is 0 Å². The van der Waals surface area contributed by atoms with Crippen LogP contribution in [0, 0.1) is 13.8 Å². The lowest BCUT2D eigenvalue weighted by Crippen LogP contribution is -2.25. The minimum Gasteiger partial charge on any atom is -0.304 e.